The molecule has 4 rings (SSSR count). The lowest BCUT2D eigenvalue weighted by Gasteiger charge is -2.14. The molecule has 2 unspecified atom stereocenters. The monoisotopic (exact) mass is 493 g/mol. The first-order chi connectivity index (χ1) is 17.2. The van der Waals surface area contributed by atoms with Crippen LogP contribution in [0.1, 0.15) is 45.0 Å². The summed E-state index contributed by atoms with van der Waals surface area (Å²) in [5.41, 5.74) is 2.87. The topological polar surface area (TPSA) is 91.2 Å². The van der Waals surface area contributed by atoms with E-state index in [0.717, 1.165) is 17.5 Å². The molecule has 0 heterocycles. The summed E-state index contributed by atoms with van der Waals surface area (Å²) < 4.78 is 43.2. The highest BCUT2D eigenvalue weighted by molar-refractivity contribution is 5.98. The highest BCUT2D eigenvalue weighted by Crippen LogP contribution is 2.42. The minimum Gasteiger partial charge on any atom is -0.419 e. The Morgan fingerprint density at radius 3 is 2.33 bits per heavy atom. The molecule has 0 bridgehead atoms. The summed E-state index contributed by atoms with van der Waals surface area (Å²) in [7, 11) is 0. The van der Waals surface area contributed by atoms with Crippen molar-refractivity contribution >= 4 is 11.9 Å². The number of benzene rings is 3. The highest BCUT2D eigenvalue weighted by atomic mass is 19.4. The van der Waals surface area contributed by atoms with Crippen molar-refractivity contribution < 1.29 is 27.5 Å². The zero-order valence-electron chi connectivity index (χ0n) is 19.0. The lowest BCUT2D eigenvalue weighted by molar-refractivity contribution is -0.189. The Morgan fingerprint density at radius 2 is 1.67 bits per heavy atom. The van der Waals surface area contributed by atoms with Gasteiger partial charge >= 0.3 is 12.1 Å². The van der Waals surface area contributed by atoms with Gasteiger partial charge in [-0.1, -0.05) is 48.5 Å². The van der Waals surface area contributed by atoms with E-state index in [2.05, 4.69) is 21.4 Å². The van der Waals surface area contributed by atoms with Crippen LogP contribution in [0.25, 0.3) is 0 Å². The fourth-order valence-corrected chi connectivity index (χ4v) is 3.81. The second kappa shape index (κ2) is 10.6. The van der Waals surface area contributed by atoms with E-state index in [0.29, 0.717) is 17.7 Å². The second-order valence-corrected chi connectivity index (χ2v) is 8.45. The number of ether oxygens (including phenoxy) is 1. The second-order valence-electron chi connectivity index (χ2n) is 8.45. The maximum atomic E-state index is 12.9. The van der Waals surface area contributed by atoms with Crippen LogP contribution in [0.3, 0.4) is 0 Å². The minimum absolute atomic E-state index is 0.00634. The van der Waals surface area contributed by atoms with Gasteiger partial charge in [0, 0.05) is 25.0 Å². The van der Waals surface area contributed by atoms with E-state index in [9.17, 15) is 22.8 Å². The average Bonchev–Trinajstić information content (AvgIpc) is 3.66. The summed E-state index contributed by atoms with van der Waals surface area (Å²) in [6.07, 6.45) is -4.46. The molecule has 1 aliphatic rings. The first kappa shape index (κ1) is 24.9. The Hall–Kier alpha value is -4.16. The van der Waals surface area contributed by atoms with Gasteiger partial charge in [0.1, 0.15) is 5.75 Å². The van der Waals surface area contributed by atoms with Crippen molar-refractivity contribution in [3.63, 3.8) is 0 Å². The normalized spacial score (nSPS) is 16.6. The Bertz CT molecular complexity index is 1290. The van der Waals surface area contributed by atoms with Crippen LogP contribution in [0.4, 0.5) is 13.2 Å². The average molecular weight is 493 g/mol. The Balaban J connectivity index is 1.46. The van der Waals surface area contributed by atoms with Crippen LogP contribution in [0.5, 0.6) is 5.75 Å². The number of halogens is 3. The molecular formula is C27H22F3N3O3. The number of alkyl halides is 3. The van der Waals surface area contributed by atoms with Gasteiger partial charge in [-0.05, 0) is 47.4 Å². The van der Waals surface area contributed by atoms with Crippen LogP contribution in [0.15, 0.2) is 72.8 Å². The van der Waals surface area contributed by atoms with Crippen molar-refractivity contribution in [3.05, 3.63) is 101 Å². The summed E-state index contributed by atoms with van der Waals surface area (Å²) >= 11 is 0. The molecule has 6 nitrogen and oxygen atoms in total. The summed E-state index contributed by atoms with van der Waals surface area (Å²) in [6.45, 7) is 0.723. The highest BCUT2D eigenvalue weighted by Gasteiger charge is 2.43. The molecule has 0 saturated heterocycles. The quantitative estimate of drug-likeness (QED) is 0.354. The van der Waals surface area contributed by atoms with E-state index in [1.165, 1.54) is 12.1 Å². The number of nitrogens with zero attached hydrogens (tertiary/aromatic N) is 1. The first-order valence-corrected chi connectivity index (χ1v) is 11.2. The predicted molar refractivity (Wildman–Crippen MR) is 125 cm³/mol. The SMILES string of the molecule is N#Cc1ccc(CNC2CC2c2ccc(C(=O)NCc3ccccc3)c(OC(=O)C(F)(F)F)c2)cc1. The molecule has 0 radical (unpaired) electrons. The van der Waals surface area contributed by atoms with Crippen LogP contribution in [0, 0.1) is 11.3 Å². The van der Waals surface area contributed by atoms with E-state index in [4.69, 9.17) is 5.26 Å². The third-order valence-electron chi connectivity index (χ3n) is 5.85. The third-order valence-corrected chi connectivity index (χ3v) is 5.85. The van der Waals surface area contributed by atoms with Crippen LogP contribution in [-0.4, -0.2) is 24.1 Å². The zero-order chi connectivity index (χ0) is 25.7. The van der Waals surface area contributed by atoms with Gasteiger partial charge in [0.05, 0.1) is 17.2 Å². The van der Waals surface area contributed by atoms with Gasteiger partial charge in [-0.3, -0.25) is 4.79 Å². The van der Waals surface area contributed by atoms with Gasteiger partial charge in [0.15, 0.2) is 0 Å². The van der Waals surface area contributed by atoms with Crippen LogP contribution in [-0.2, 0) is 17.9 Å². The van der Waals surface area contributed by atoms with Crippen molar-refractivity contribution in [1.29, 1.82) is 5.26 Å². The fraction of sp³-hybridized carbons (Fsp3) is 0.222. The van der Waals surface area contributed by atoms with Gasteiger partial charge in [-0.25, -0.2) is 4.79 Å². The molecule has 2 atom stereocenters. The summed E-state index contributed by atoms with van der Waals surface area (Å²) in [4.78, 5) is 24.3. The lowest BCUT2D eigenvalue weighted by atomic mass is 10.1. The van der Waals surface area contributed by atoms with Gasteiger partial charge in [0.25, 0.3) is 5.91 Å². The third kappa shape index (κ3) is 6.29. The zero-order valence-corrected chi connectivity index (χ0v) is 19.0. The van der Waals surface area contributed by atoms with E-state index in [1.54, 1.807) is 42.5 Å². The van der Waals surface area contributed by atoms with Gasteiger partial charge in [0.2, 0.25) is 0 Å². The molecule has 3 aromatic rings. The number of carbonyl (C=O) groups is 2. The molecule has 9 heteroatoms. The summed E-state index contributed by atoms with van der Waals surface area (Å²) in [5.74, 6) is -3.48. The number of nitrogens with one attached hydrogen (secondary N) is 2. The molecule has 1 saturated carbocycles. The Morgan fingerprint density at radius 1 is 0.972 bits per heavy atom. The molecule has 2 N–H and O–H groups in total. The number of hydrogen-bond donors (Lipinski definition) is 2. The Labute approximate surface area is 205 Å². The lowest BCUT2D eigenvalue weighted by Crippen LogP contribution is -2.30. The summed E-state index contributed by atoms with van der Waals surface area (Å²) in [5, 5.41) is 14.9. The van der Waals surface area contributed by atoms with Crippen molar-refractivity contribution in [2.45, 2.75) is 37.6 Å². The van der Waals surface area contributed by atoms with Crippen molar-refractivity contribution in [1.82, 2.24) is 10.6 Å². The van der Waals surface area contributed by atoms with Crippen LogP contribution in [0.2, 0.25) is 0 Å². The van der Waals surface area contributed by atoms with E-state index >= 15 is 0 Å². The molecule has 1 amide bonds. The maximum Gasteiger partial charge on any atom is 0.491 e. The molecule has 0 aliphatic heterocycles. The van der Waals surface area contributed by atoms with Crippen LogP contribution < -0.4 is 15.4 Å². The predicted octanol–water partition coefficient (Wildman–Crippen LogP) is 4.60. The van der Waals surface area contributed by atoms with Gasteiger partial charge in [-0.15, -0.1) is 0 Å². The van der Waals surface area contributed by atoms with Crippen molar-refractivity contribution in [2.24, 2.45) is 0 Å². The Kier molecular flexibility index (Phi) is 7.36. The number of rotatable bonds is 8. The number of carbonyl (C=O) groups excluding carboxylic acids is 2. The van der Waals surface area contributed by atoms with E-state index < -0.39 is 23.8 Å². The standard InChI is InChI=1S/C27H22F3N3O3/c28-27(29,30)26(35)36-24-12-20(10-11-21(24)25(34)33-16-18-4-2-1-3-5-18)22-13-23(22)32-15-19-8-6-17(14-31)7-9-19/h1-12,22-23,32H,13,15-16H2,(H,33,34). The molecule has 1 fully saturated rings. The number of hydrogen-bond acceptors (Lipinski definition) is 5. The molecule has 36 heavy (non-hydrogen) atoms. The molecule has 3 aromatic carbocycles. The fourth-order valence-electron chi connectivity index (χ4n) is 3.81. The number of amides is 1. The molecule has 1 aliphatic carbocycles. The largest absolute Gasteiger partial charge is 0.491 e. The molecule has 0 spiro atoms. The number of nitriles is 1. The van der Waals surface area contributed by atoms with E-state index in [1.807, 2.05) is 18.2 Å². The smallest absolute Gasteiger partial charge is 0.419 e. The van der Waals surface area contributed by atoms with Crippen molar-refractivity contribution in [3.8, 4) is 11.8 Å². The number of esters is 1. The molecule has 0 aromatic heterocycles. The minimum atomic E-state index is -5.20. The molecule has 184 valence electrons. The maximum absolute atomic E-state index is 12.9. The first-order valence-electron chi connectivity index (χ1n) is 11.2. The van der Waals surface area contributed by atoms with Gasteiger partial charge < -0.3 is 15.4 Å². The van der Waals surface area contributed by atoms with Gasteiger partial charge in [-0.2, -0.15) is 18.4 Å². The van der Waals surface area contributed by atoms with Crippen LogP contribution >= 0.6 is 0 Å². The summed E-state index contributed by atoms with van der Waals surface area (Å²) in [6, 6.07) is 22.7. The van der Waals surface area contributed by atoms with E-state index in [-0.39, 0.29) is 24.1 Å². The molecular weight excluding hydrogens is 471 g/mol. The van der Waals surface area contributed by atoms with Crippen molar-refractivity contribution in [2.75, 3.05) is 0 Å².